The largest absolute Gasteiger partial charge is 0.326 e. The molecule has 0 spiro atoms. The predicted octanol–water partition coefficient (Wildman–Crippen LogP) is 4.83. The summed E-state index contributed by atoms with van der Waals surface area (Å²) >= 11 is 7.73. The van der Waals surface area contributed by atoms with Crippen molar-refractivity contribution in [2.45, 2.75) is 24.8 Å². The van der Waals surface area contributed by atoms with Crippen LogP contribution in [0.4, 0.5) is 5.69 Å². The van der Waals surface area contributed by atoms with Crippen LogP contribution >= 0.6 is 23.4 Å². The quantitative estimate of drug-likeness (QED) is 0.716. The first kappa shape index (κ1) is 18.8. The van der Waals surface area contributed by atoms with Gasteiger partial charge in [0.25, 0.3) is 0 Å². The van der Waals surface area contributed by atoms with Crippen LogP contribution < -0.4 is 5.32 Å². The van der Waals surface area contributed by atoms with Crippen molar-refractivity contribution in [1.82, 2.24) is 4.90 Å². The van der Waals surface area contributed by atoms with Crippen molar-refractivity contribution < 1.29 is 4.79 Å². The highest BCUT2D eigenvalue weighted by Crippen LogP contribution is 2.27. The fourth-order valence-corrected chi connectivity index (χ4v) is 3.53. The molecule has 0 saturated heterocycles. The summed E-state index contributed by atoms with van der Waals surface area (Å²) < 4.78 is 0. The van der Waals surface area contributed by atoms with Crippen LogP contribution in [0.3, 0.4) is 0 Å². The summed E-state index contributed by atoms with van der Waals surface area (Å²) in [5.41, 5.74) is 3.22. The van der Waals surface area contributed by atoms with Gasteiger partial charge in [-0.1, -0.05) is 41.4 Å². The van der Waals surface area contributed by atoms with Crippen molar-refractivity contribution in [2.75, 3.05) is 25.2 Å². The third-order valence-corrected chi connectivity index (χ3v) is 4.96. The van der Waals surface area contributed by atoms with Gasteiger partial charge >= 0.3 is 0 Å². The third-order valence-electron chi connectivity index (χ3n) is 3.44. The van der Waals surface area contributed by atoms with Crippen molar-refractivity contribution in [1.29, 1.82) is 0 Å². The minimum Gasteiger partial charge on any atom is -0.326 e. The van der Waals surface area contributed by atoms with Crippen molar-refractivity contribution in [3.8, 4) is 0 Å². The molecule has 0 radical (unpaired) electrons. The molecule has 0 aliphatic carbocycles. The molecule has 0 unspecified atom stereocenters. The summed E-state index contributed by atoms with van der Waals surface area (Å²) in [7, 11) is 4.04. The van der Waals surface area contributed by atoms with Crippen LogP contribution in [0.2, 0.25) is 5.02 Å². The molecule has 0 bridgehead atoms. The number of carbonyl (C=O) groups is 1. The monoisotopic (exact) mass is 362 g/mol. The first-order valence-corrected chi connectivity index (χ1v) is 9.23. The highest BCUT2D eigenvalue weighted by atomic mass is 35.5. The molecule has 0 aliphatic heterocycles. The number of anilines is 1. The zero-order valence-corrected chi connectivity index (χ0v) is 15.9. The molecule has 2 aromatic rings. The fourth-order valence-electron chi connectivity index (χ4n) is 2.34. The van der Waals surface area contributed by atoms with Crippen LogP contribution in [-0.4, -0.2) is 30.7 Å². The van der Waals surface area contributed by atoms with Crippen molar-refractivity contribution in [3.05, 3.63) is 58.6 Å². The van der Waals surface area contributed by atoms with E-state index < -0.39 is 0 Å². The summed E-state index contributed by atoms with van der Waals surface area (Å²) in [6, 6.07) is 13.8. The highest BCUT2D eigenvalue weighted by Gasteiger charge is 2.09. The zero-order chi connectivity index (χ0) is 17.5. The Morgan fingerprint density at radius 2 is 1.96 bits per heavy atom. The average Bonchev–Trinajstić information content (AvgIpc) is 2.51. The third kappa shape index (κ3) is 5.86. The van der Waals surface area contributed by atoms with Crippen molar-refractivity contribution >= 4 is 35.0 Å². The van der Waals surface area contributed by atoms with E-state index in [-0.39, 0.29) is 5.91 Å². The minimum absolute atomic E-state index is 0.0263. The second-order valence-electron chi connectivity index (χ2n) is 5.98. The molecule has 24 heavy (non-hydrogen) atoms. The van der Waals surface area contributed by atoms with E-state index >= 15 is 0 Å². The van der Waals surface area contributed by atoms with Gasteiger partial charge < -0.3 is 10.2 Å². The number of thioether (sulfide) groups is 1. The lowest BCUT2D eigenvalue weighted by molar-refractivity contribution is -0.115. The Balaban J connectivity index is 1.91. The molecule has 1 amide bonds. The van der Waals surface area contributed by atoms with Crippen LogP contribution in [0, 0.1) is 6.92 Å². The van der Waals surface area contributed by atoms with E-state index in [0.717, 1.165) is 27.7 Å². The molecule has 128 valence electrons. The van der Waals surface area contributed by atoms with Gasteiger partial charge in [-0.05, 0) is 44.8 Å². The molecule has 0 saturated carbocycles. The van der Waals surface area contributed by atoms with Gasteiger partial charge in [-0.2, -0.15) is 0 Å². The molecular weight excluding hydrogens is 340 g/mol. The van der Waals surface area contributed by atoms with Gasteiger partial charge in [0.1, 0.15) is 0 Å². The summed E-state index contributed by atoms with van der Waals surface area (Å²) in [5, 5.41) is 3.76. The maximum Gasteiger partial charge on any atom is 0.225 e. The molecule has 0 fully saturated rings. The molecule has 2 rings (SSSR count). The average molecular weight is 363 g/mol. The Morgan fingerprint density at radius 3 is 2.67 bits per heavy atom. The standard InChI is InChI=1S/C19H23ClN2OS/c1-14-8-9-17(15(12-14)13-22(2)3)21-19(23)10-11-24-18-7-5-4-6-16(18)20/h4-9,12H,10-11,13H2,1-3H3,(H,21,23). The topological polar surface area (TPSA) is 32.3 Å². The van der Waals surface area contributed by atoms with Gasteiger partial charge in [0.15, 0.2) is 0 Å². The number of rotatable bonds is 7. The lowest BCUT2D eigenvalue weighted by Crippen LogP contribution is -2.17. The maximum atomic E-state index is 12.2. The Bertz CT molecular complexity index is 704. The van der Waals surface area contributed by atoms with E-state index in [4.69, 9.17) is 11.6 Å². The number of nitrogens with one attached hydrogen (secondary N) is 1. The Labute approximate surface area is 153 Å². The highest BCUT2D eigenvalue weighted by molar-refractivity contribution is 7.99. The lowest BCUT2D eigenvalue weighted by atomic mass is 10.1. The van der Waals surface area contributed by atoms with E-state index in [1.165, 1.54) is 5.56 Å². The Kier molecular flexibility index (Phi) is 7.16. The summed E-state index contributed by atoms with van der Waals surface area (Å²) in [4.78, 5) is 15.3. The van der Waals surface area contributed by atoms with Crippen molar-refractivity contribution in [2.24, 2.45) is 0 Å². The number of hydrogen-bond acceptors (Lipinski definition) is 3. The number of benzene rings is 2. The van der Waals surface area contributed by atoms with Crippen LogP contribution in [-0.2, 0) is 11.3 Å². The lowest BCUT2D eigenvalue weighted by Gasteiger charge is -2.16. The van der Waals surface area contributed by atoms with Crippen LogP contribution in [0.15, 0.2) is 47.4 Å². The van der Waals surface area contributed by atoms with E-state index in [0.29, 0.717) is 12.2 Å². The molecular formula is C19H23ClN2OS. The molecule has 0 atom stereocenters. The number of hydrogen-bond donors (Lipinski definition) is 1. The van der Waals surface area contributed by atoms with E-state index in [1.807, 2.05) is 50.5 Å². The van der Waals surface area contributed by atoms with Gasteiger partial charge in [0.2, 0.25) is 5.91 Å². The van der Waals surface area contributed by atoms with Gasteiger partial charge in [0, 0.05) is 29.3 Å². The summed E-state index contributed by atoms with van der Waals surface area (Å²) in [6.07, 6.45) is 0.450. The summed E-state index contributed by atoms with van der Waals surface area (Å²) in [5.74, 6) is 0.725. The van der Waals surface area contributed by atoms with Crippen LogP contribution in [0.5, 0.6) is 0 Å². The predicted molar refractivity (Wildman–Crippen MR) is 104 cm³/mol. The van der Waals surface area contributed by atoms with Crippen LogP contribution in [0.1, 0.15) is 17.5 Å². The molecule has 5 heteroatoms. The normalized spacial score (nSPS) is 10.9. The number of nitrogens with zero attached hydrogens (tertiary/aromatic N) is 1. The van der Waals surface area contributed by atoms with Gasteiger partial charge in [-0.25, -0.2) is 0 Å². The smallest absolute Gasteiger partial charge is 0.225 e. The number of amides is 1. The Hall–Kier alpha value is -1.49. The first-order chi connectivity index (χ1) is 11.5. The SMILES string of the molecule is Cc1ccc(NC(=O)CCSc2ccccc2Cl)c(CN(C)C)c1. The molecule has 0 heterocycles. The van der Waals surface area contributed by atoms with Gasteiger partial charge in [-0.3, -0.25) is 4.79 Å². The van der Waals surface area contributed by atoms with E-state index in [1.54, 1.807) is 11.8 Å². The first-order valence-electron chi connectivity index (χ1n) is 7.87. The minimum atomic E-state index is 0.0263. The van der Waals surface area contributed by atoms with Gasteiger partial charge in [0.05, 0.1) is 5.02 Å². The molecule has 0 aromatic heterocycles. The Morgan fingerprint density at radius 1 is 1.21 bits per heavy atom. The van der Waals surface area contributed by atoms with Gasteiger partial charge in [-0.15, -0.1) is 11.8 Å². The van der Waals surface area contributed by atoms with Crippen LogP contribution in [0.25, 0.3) is 0 Å². The summed E-state index contributed by atoms with van der Waals surface area (Å²) in [6.45, 7) is 2.86. The molecule has 1 N–H and O–H groups in total. The second kappa shape index (κ2) is 9.11. The maximum absolute atomic E-state index is 12.2. The molecule has 2 aromatic carbocycles. The fraction of sp³-hybridized carbons (Fsp3) is 0.316. The number of halogens is 1. The molecule has 0 aliphatic rings. The molecule has 3 nitrogen and oxygen atoms in total. The van der Waals surface area contributed by atoms with E-state index in [9.17, 15) is 4.79 Å². The van der Waals surface area contributed by atoms with Crippen molar-refractivity contribution in [3.63, 3.8) is 0 Å². The number of carbonyl (C=O) groups excluding carboxylic acids is 1. The van der Waals surface area contributed by atoms with E-state index in [2.05, 4.69) is 23.2 Å². The zero-order valence-electron chi connectivity index (χ0n) is 14.3. The second-order valence-corrected chi connectivity index (χ2v) is 7.52. The number of aryl methyl sites for hydroxylation is 1.